The topological polar surface area (TPSA) is 51.1 Å². The maximum Gasteiger partial charge on any atom is 0.195 e. The third kappa shape index (κ3) is 2.84. The third-order valence-corrected chi connectivity index (χ3v) is 4.93. The quantitative estimate of drug-likeness (QED) is 0.719. The number of anilines is 1. The number of nitrogens with zero attached hydrogens (tertiary/aromatic N) is 4. The molecule has 23 heavy (non-hydrogen) atoms. The Kier molecular flexibility index (Phi) is 4.01. The fourth-order valence-electron chi connectivity index (χ4n) is 2.99. The number of benzene rings is 1. The van der Waals surface area contributed by atoms with Crippen molar-refractivity contribution in [2.45, 2.75) is 18.9 Å². The molecule has 0 spiro atoms. The molecule has 0 N–H and O–H groups in total. The Balaban J connectivity index is 1.55. The lowest BCUT2D eigenvalue weighted by atomic mass is 10.2. The van der Waals surface area contributed by atoms with Crippen LogP contribution < -0.4 is 9.64 Å². The Morgan fingerprint density at radius 1 is 1.26 bits per heavy atom. The molecule has 0 radical (unpaired) electrons. The lowest BCUT2D eigenvalue weighted by Gasteiger charge is -2.26. The molecule has 3 heterocycles. The van der Waals surface area contributed by atoms with Gasteiger partial charge in [-0.05, 0) is 31.0 Å². The van der Waals surface area contributed by atoms with Crippen LogP contribution in [0.5, 0.6) is 5.75 Å². The van der Waals surface area contributed by atoms with Gasteiger partial charge in [0, 0.05) is 12.7 Å². The molecule has 1 fully saturated rings. The molecule has 3 aromatic rings. The van der Waals surface area contributed by atoms with Gasteiger partial charge in [-0.2, -0.15) is 8.75 Å². The van der Waals surface area contributed by atoms with Gasteiger partial charge < -0.3 is 9.64 Å². The number of halogens is 1. The van der Waals surface area contributed by atoms with Crippen LogP contribution in [0.2, 0.25) is 5.02 Å². The molecule has 5 nitrogen and oxygen atoms in total. The minimum Gasteiger partial charge on any atom is -0.490 e. The van der Waals surface area contributed by atoms with Gasteiger partial charge in [0.05, 0.1) is 28.5 Å². The molecule has 0 saturated carbocycles. The predicted octanol–water partition coefficient (Wildman–Crippen LogP) is 3.79. The molecule has 4 rings (SSSR count). The highest BCUT2D eigenvalue weighted by atomic mass is 35.5. The summed E-state index contributed by atoms with van der Waals surface area (Å²) in [4.78, 5) is 6.61. The van der Waals surface area contributed by atoms with Crippen LogP contribution in [0.3, 0.4) is 0 Å². The molecular formula is C16H15ClN4OS. The molecule has 1 aliphatic heterocycles. The highest BCUT2D eigenvalue weighted by molar-refractivity contribution is 7.00. The minimum absolute atomic E-state index is 0.304. The van der Waals surface area contributed by atoms with Gasteiger partial charge in [-0.25, -0.2) is 4.98 Å². The van der Waals surface area contributed by atoms with Crippen molar-refractivity contribution in [3.8, 4) is 5.75 Å². The summed E-state index contributed by atoms with van der Waals surface area (Å²) in [7, 11) is 0. The van der Waals surface area contributed by atoms with Gasteiger partial charge in [0.15, 0.2) is 5.65 Å². The van der Waals surface area contributed by atoms with Crippen molar-refractivity contribution < 1.29 is 4.74 Å². The number of rotatable bonds is 4. The van der Waals surface area contributed by atoms with Crippen LogP contribution in [0.4, 0.5) is 5.69 Å². The Morgan fingerprint density at radius 3 is 3.09 bits per heavy atom. The largest absolute Gasteiger partial charge is 0.490 e. The summed E-state index contributed by atoms with van der Waals surface area (Å²) in [5.74, 6) is 0.733. The zero-order chi connectivity index (χ0) is 15.6. The SMILES string of the molecule is Clc1ccccc1OC[C@H]1CCCN1c1ccnc2nsnc12. The van der Waals surface area contributed by atoms with E-state index in [1.54, 1.807) is 6.20 Å². The van der Waals surface area contributed by atoms with Crippen LogP contribution in [-0.2, 0) is 0 Å². The van der Waals surface area contributed by atoms with E-state index in [-0.39, 0.29) is 0 Å². The summed E-state index contributed by atoms with van der Waals surface area (Å²) in [5.41, 5.74) is 2.68. The van der Waals surface area contributed by atoms with Crippen molar-refractivity contribution in [3.05, 3.63) is 41.6 Å². The van der Waals surface area contributed by atoms with Gasteiger partial charge in [-0.1, -0.05) is 23.7 Å². The molecule has 2 aromatic heterocycles. The van der Waals surface area contributed by atoms with E-state index in [9.17, 15) is 0 Å². The number of aromatic nitrogens is 3. The molecule has 0 amide bonds. The molecule has 1 atom stereocenters. The second kappa shape index (κ2) is 6.29. The summed E-state index contributed by atoms with van der Waals surface area (Å²) in [6, 6.07) is 9.89. The van der Waals surface area contributed by atoms with E-state index in [1.165, 1.54) is 11.7 Å². The number of pyridine rings is 1. The second-order valence-corrected chi connectivity index (χ2v) is 6.43. The predicted molar refractivity (Wildman–Crippen MR) is 92.5 cm³/mol. The summed E-state index contributed by atoms with van der Waals surface area (Å²) in [6.07, 6.45) is 4.02. The molecular weight excluding hydrogens is 332 g/mol. The second-order valence-electron chi connectivity index (χ2n) is 5.50. The van der Waals surface area contributed by atoms with E-state index in [0.717, 1.165) is 36.3 Å². The van der Waals surface area contributed by atoms with E-state index in [2.05, 4.69) is 18.6 Å². The third-order valence-electron chi connectivity index (χ3n) is 4.10. The average Bonchev–Trinajstić information content (AvgIpc) is 3.22. The maximum atomic E-state index is 6.16. The summed E-state index contributed by atoms with van der Waals surface area (Å²) in [5, 5.41) is 0.645. The van der Waals surface area contributed by atoms with E-state index < -0.39 is 0 Å². The van der Waals surface area contributed by atoms with Crippen molar-refractivity contribution in [1.82, 2.24) is 13.7 Å². The van der Waals surface area contributed by atoms with Crippen LogP contribution in [0, 0.1) is 0 Å². The van der Waals surface area contributed by atoms with Crippen LogP contribution in [0.25, 0.3) is 11.2 Å². The minimum atomic E-state index is 0.304. The molecule has 0 bridgehead atoms. The first-order valence-electron chi connectivity index (χ1n) is 7.54. The zero-order valence-corrected chi connectivity index (χ0v) is 13.9. The van der Waals surface area contributed by atoms with Gasteiger partial charge >= 0.3 is 0 Å². The normalized spacial score (nSPS) is 17.8. The van der Waals surface area contributed by atoms with E-state index in [0.29, 0.717) is 23.3 Å². The Bertz CT molecular complexity index is 824. The lowest BCUT2D eigenvalue weighted by molar-refractivity contribution is 0.289. The molecule has 1 aromatic carbocycles. The van der Waals surface area contributed by atoms with E-state index in [1.807, 2.05) is 30.3 Å². The van der Waals surface area contributed by atoms with Crippen LogP contribution in [0.1, 0.15) is 12.8 Å². The summed E-state index contributed by atoms with van der Waals surface area (Å²) in [6.45, 7) is 1.60. The Labute approximate surface area is 143 Å². The average molecular weight is 347 g/mol. The maximum absolute atomic E-state index is 6.16. The first kappa shape index (κ1) is 14.7. The standard InChI is InChI=1S/C16H15ClN4OS/c17-12-5-1-2-6-14(12)22-10-11-4-3-9-21(11)13-7-8-18-16-15(13)19-23-20-16/h1-2,5-8,11H,3-4,9-10H2/t11-/m1/s1. The van der Waals surface area contributed by atoms with Crippen molar-refractivity contribution in [3.63, 3.8) is 0 Å². The summed E-state index contributed by atoms with van der Waals surface area (Å²) >= 11 is 7.36. The molecule has 118 valence electrons. The number of hydrogen-bond donors (Lipinski definition) is 0. The fourth-order valence-corrected chi connectivity index (χ4v) is 3.69. The highest BCUT2D eigenvalue weighted by Gasteiger charge is 2.27. The molecule has 0 unspecified atom stereocenters. The van der Waals surface area contributed by atoms with Crippen LogP contribution in [0.15, 0.2) is 36.5 Å². The lowest BCUT2D eigenvalue weighted by Crippen LogP contribution is -2.34. The Hall–Kier alpha value is -1.92. The number of hydrogen-bond acceptors (Lipinski definition) is 6. The van der Waals surface area contributed by atoms with E-state index >= 15 is 0 Å². The number of para-hydroxylation sites is 1. The molecule has 1 saturated heterocycles. The van der Waals surface area contributed by atoms with Gasteiger partial charge in [0.25, 0.3) is 0 Å². The molecule has 0 aliphatic carbocycles. The Morgan fingerprint density at radius 2 is 2.17 bits per heavy atom. The molecule has 1 aliphatic rings. The smallest absolute Gasteiger partial charge is 0.195 e. The first-order valence-corrected chi connectivity index (χ1v) is 8.65. The monoisotopic (exact) mass is 346 g/mol. The van der Waals surface area contributed by atoms with Crippen molar-refractivity contribution in [2.75, 3.05) is 18.1 Å². The fraction of sp³-hybridized carbons (Fsp3) is 0.312. The highest BCUT2D eigenvalue weighted by Crippen LogP contribution is 2.31. The van der Waals surface area contributed by atoms with Crippen molar-refractivity contribution in [1.29, 1.82) is 0 Å². The van der Waals surface area contributed by atoms with Crippen molar-refractivity contribution >= 4 is 40.2 Å². The van der Waals surface area contributed by atoms with E-state index in [4.69, 9.17) is 16.3 Å². The number of ether oxygens (including phenoxy) is 1. The van der Waals surface area contributed by atoms with Gasteiger partial charge in [-0.15, -0.1) is 0 Å². The van der Waals surface area contributed by atoms with Crippen molar-refractivity contribution in [2.24, 2.45) is 0 Å². The van der Waals surface area contributed by atoms with Crippen LogP contribution >= 0.6 is 23.3 Å². The van der Waals surface area contributed by atoms with Crippen LogP contribution in [-0.4, -0.2) is 32.9 Å². The molecule has 7 heteroatoms. The zero-order valence-electron chi connectivity index (χ0n) is 12.4. The van der Waals surface area contributed by atoms with Gasteiger partial charge in [-0.3, -0.25) is 0 Å². The first-order chi connectivity index (χ1) is 11.3. The van der Waals surface area contributed by atoms with Gasteiger partial charge in [0.2, 0.25) is 0 Å². The van der Waals surface area contributed by atoms with Gasteiger partial charge in [0.1, 0.15) is 17.9 Å². The summed E-state index contributed by atoms with van der Waals surface area (Å²) < 4.78 is 14.6. The number of fused-ring (bicyclic) bond motifs is 1.